The number of carbonyl (C=O) groups excluding carboxylic acids is 2. The fraction of sp³-hybridized carbons (Fsp3) is 0.690. The van der Waals surface area contributed by atoms with Gasteiger partial charge in [0.05, 0.1) is 32.4 Å². The number of ether oxygens (including phenoxy) is 1. The van der Waals surface area contributed by atoms with E-state index in [0.29, 0.717) is 26.1 Å². The number of carboxylic acid groups (broad SMARTS) is 1. The van der Waals surface area contributed by atoms with Crippen LogP contribution < -0.4 is 10.6 Å². The van der Waals surface area contributed by atoms with Crippen LogP contribution in [-0.4, -0.2) is 83.9 Å². The molecule has 2 aliphatic rings. The Hall–Kier alpha value is -2.50. The van der Waals surface area contributed by atoms with Crippen molar-refractivity contribution >= 4 is 25.5 Å². The van der Waals surface area contributed by atoms with E-state index >= 15 is 0 Å². The molecule has 3 rings (SSSR count). The molecular weight excluding hydrogens is 565 g/mol. The van der Waals surface area contributed by atoms with Gasteiger partial charge in [0, 0.05) is 13.0 Å². The summed E-state index contributed by atoms with van der Waals surface area (Å²) in [4.78, 5) is 39.9. The number of rotatable bonds is 15. The van der Waals surface area contributed by atoms with E-state index < -0.39 is 37.5 Å². The topological polar surface area (TPSA) is 164 Å². The van der Waals surface area contributed by atoms with Gasteiger partial charge in [-0.1, -0.05) is 62.4 Å². The minimum Gasteiger partial charge on any atom is -0.465 e. The quantitative estimate of drug-likeness (QED) is 0.214. The smallest absolute Gasteiger partial charge is 0.405 e. The van der Waals surface area contributed by atoms with Gasteiger partial charge >= 0.3 is 13.7 Å². The molecule has 0 spiro atoms. The second kappa shape index (κ2) is 17.0. The van der Waals surface area contributed by atoms with Crippen LogP contribution in [0.3, 0.4) is 0 Å². The fourth-order valence-electron chi connectivity index (χ4n) is 5.67. The molecule has 0 radical (unpaired) electrons. The lowest BCUT2D eigenvalue weighted by Gasteiger charge is -2.34. The number of morpholine rings is 1. The van der Waals surface area contributed by atoms with E-state index in [0.717, 1.165) is 37.7 Å². The Morgan fingerprint density at radius 1 is 1.07 bits per heavy atom. The van der Waals surface area contributed by atoms with Crippen LogP contribution in [0.1, 0.15) is 76.9 Å². The number of nitrogens with zero attached hydrogens (tertiary/aromatic N) is 1. The third kappa shape index (κ3) is 10.1. The second-order valence-corrected chi connectivity index (χ2v) is 12.9. The van der Waals surface area contributed by atoms with Crippen molar-refractivity contribution in [2.75, 3.05) is 32.9 Å². The predicted molar refractivity (Wildman–Crippen MR) is 156 cm³/mol. The number of aliphatic hydroxyl groups is 1. The molecule has 0 bridgehead atoms. The summed E-state index contributed by atoms with van der Waals surface area (Å²) >= 11 is 0. The summed E-state index contributed by atoms with van der Waals surface area (Å²) in [5, 5.41) is 25.6. The van der Waals surface area contributed by atoms with Crippen molar-refractivity contribution in [3.8, 4) is 0 Å². The number of hydrogen-bond donors (Lipinski definition) is 4. The van der Waals surface area contributed by atoms with E-state index in [2.05, 4.69) is 10.6 Å². The Morgan fingerprint density at radius 3 is 2.36 bits per heavy atom. The Morgan fingerprint density at radius 2 is 1.74 bits per heavy atom. The normalized spacial score (nSPS) is 20.4. The van der Waals surface area contributed by atoms with E-state index in [1.54, 1.807) is 18.7 Å². The van der Waals surface area contributed by atoms with E-state index in [-0.39, 0.29) is 44.0 Å². The molecule has 1 aromatic carbocycles. The van der Waals surface area contributed by atoms with Crippen molar-refractivity contribution in [3.63, 3.8) is 0 Å². The summed E-state index contributed by atoms with van der Waals surface area (Å²) in [6.07, 6.45) is 3.52. The molecule has 0 aromatic heterocycles. The van der Waals surface area contributed by atoms with Crippen molar-refractivity contribution in [3.05, 3.63) is 35.9 Å². The molecule has 2 fully saturated rings. The highest BCUT2D eigenvalue weighted by atomic mass is 31.2. The molecule has 3 amide bonds. The number of hydrogen-bond acceptors (Lipinski definition) is 8. The monoisotopic (exact) mass is 611 g/mol. The largest absolute Gasteiger partial charge is 0.465 e. The van der Waals surface area contributed by atoms with Crippen LogP contribution in [0.15, 0.2) is 30.3 Å². The molecule has 1 saturated heterocycles. The first kappa shape index (κ1) is 34.0. The average Bonchev–Trinajstić information content (AvgIpc) is 2.99. The maximum atomic E-state index is 13.5. The van der Waals surface area contributed by atoms with Gasteiger partial charge in [0.1, 0.15) is 12.1 Å². The van der Waals surface area contributed by atoms with Crippen molar-refractivity contribution in [1.82, 2.24) is 15.5 Å². The summed E-state index contributed by atoms with van der Waals surface area (Å²) in [6.45, 7) is 4.31. The lowest BCUT2D eigenvalue weighted by atomic mass is 9.84. The van der Waals surface area contributed by atoms with Gasteiger partial charge in [-0.2, -0.15) is 0 Å². The third-order valence-corrected chi connectivity index (χ3v) is 10.0. The van der Waals surface area contributed by atoms with Crippen LogP contribution in [0.2, 0.25) is 0 Å². The minimum atomic E-state index is -4.10. The molecule has 1 aliphatic heterocycles. The van der Waals surface area contributed by atoms with E-state index in [4.69, 9.17) is 13.8 Å². The Kier molecular flexibility index (Phi) is 13.7. The maximum absolute atomic E-state index is 13.5. The SMILES string of the molecule is CCOP(=O)(OCC)C(O)[C@H](CCC(=O)N1CCOC(c2ccccc2)C1)NC(=O)[C@H](CC1CCCCC1)NC(=O)O. The molecule has 4 atom stereocenters. The molecule has 1 saturated carbocycles. The zero-order valence-electron chi connectivity index (χ0n) is 24.6. The lowest BCUT2D eigenvalue weighted by molar-refractivity contribution is -0.139. The maximum Gasteiger partial charge on any atom is 0.405 e. The highest BCUT2D eigenvalue weighted by molar-refractivity contribution is 7.54. The summed E-state index contributed by atoms with van der Waals surface area (Å²) in [6, 6.07) is 7.34. The Bertz CT molecular complexity index is 1040. The Balaban J connectivity index is 1.74. The summed E-state index contributed by atoms with van der Waals surface area (Å²) in [5.41, 5.74) is 0.958. The first-order valence-corrected chi connectivity index (χ1v) is 16.6. The minimum absolute atomic E-state index is 0.00649. The van der Waals surface area contributed by atoms with Gasteiger partial charge in [0.25, 0.3) is 0 Å². The van der Waals surface area contributed by atoms with Crippen molar-refractivity contribution in [1.29, 1.82) is 0 Å². The van der Waals surface area contributed by atoms with Crippen LogP contribution in [-0.2, 0) is 27.9 Å². The van der Waals surface area contributed by atoms with Crippen LogP contribution in [0.25, 0.3) is 0 Å². The molecule has 42 heavy (non-hydrogen) atoms. The van der Waals surface area contributed by atoms with Gasteiger partial charge in [-0.15, -0.1) is 0 Å². The van der Waals surface area contributed by atoms with Crippen molar-refractivity contribution in [2.45, 2.75) is 89.2 Å². The molecular formula is C29H46N3O9P. The molecule has 13 heteroatoms. The van der Waals surface area contributed by atoms with Gasteiger partial charge < -0.3 is 39.5 Å². The Labute approximate surface area is 248 Å². The van der Waals surface area contributed by atoms with Crippen molar-refractivity contribution < 1.29 is 42.9 Å². The van der Waals surface area contributed by atoms with Crippen LogP contribution >= 0.6 is 7.60 Å². The van der Waals surface area contributed by atoms with E-state index in [1.807, 2.05) is 30.3 Å². The summed E-state index contributed by atoms with van der Waals surface area (Å²) in [5.74, 6) is -2.45. The van der Waals surface area contributed by atoms with E-state index in [1.165, 1.54) is 0 Å². The standard InChI is InChI=1S/C29H46N3O9P/c1-3-40-42(38,41-4-2)28(35)23(30-27(34)24(31-29(36)37)19-21-11-7-5-8-12-21)15-16-26(33)32-17-18-39-25(20-32)22-13-9-6-10-14-22/h6,9-10,13-14,21,23-25,28,31,35H,3-5,7-8,11-12,15-20H2,1-2H3,(H,30,34)(H,36,37)/t23-,24-,25?,28?/m0/s1. The summed E-state index contributed by atoms with van der Waals surface area (Å²) in [7, 11) is -4.10. The molecule has 1 aliphatic carbocycles. The lowest BCUT2D eigenvalue weighted by Crippen LogP contribution is -2.53. The number of benzene rings is 1. The molecule has 236 valence electrons. The molecule has 1 heterocycles. The van der Waals surface area contributed by atoms with Gasteiger partial charge in [0.2, 0.25) is 11.8 Å². The van der Waals surface area contributed by atoms with Gasteiger partial charge in [-0.25, -0.2) is 4.79 Å². The fourth-order valence-corrected chi connectivity index (χ4v) is 7.43. The molecule has 12 nitrogen and oxygen atoms in total. The van der Waals surface area contributed by atoms with Gasteiger partial charge in [-0.3, -0.25) is 14.2 Å². The van der Waals surface area contributed by atoms with E-state index in [9.17, 15) is 29.2 Å². The number of nitrogens with one attached hydrogen (secondary N) is 2. The van der Waals surface area contributed by atoms with Crippen molar-refractivity contribution in [2.24, 2.45) is 5.92 Å². The third-order valence-electron chi connectivity index (χ3n) is 7.80. The van der Waals surface area contributed by atoms with Crippen LogP contribution in [0.4, 0.5) is 4.79 Å². The van der Waals surface area contributed by atoms with Crippen LogP contribution in [0.5, 0.6) is 0 Å². The zero-order chi connectivity index (χ0) is 30.5. The molecule has 2 unspecified atom stereocenters. The first-order valence-electron chi connectivity index (χ1n) is 15.0. The van der Waals surface area contributed by atoms with Crippen LogP contribution in [0, 0.1) is 5.92 Å². The highest BCUT2D eigenvalue weighted by Gasteiger charge is 2.42. The van der Waals surface area contributed by atoms with Gasteiger partial charge in [-0.05, 0) is 38.2 Å². The highest BCUT2D eigenvalue weighted by Crippen LogP contribution is 2.53. The first-order chi connectivity index (χ1) is 20.2. The average molecular weight is 612 g/mol. The zero-order valence-corrected chi connectivity index (χ0v) is 25.5. The summed E-state index contributed by atoms with van der Waals surface area (Å²) < 4.78 is 30.0. The number of carbonyl (C=O) groups is 3. The molecule has 1 aromatic rings. The molecule has 4 N–H and O–H groups in total. The number of amides is 3. The second-order valence-electron chi connectivity index (χ2n) is 10.8. The van der Waals surface area contributed by atoms with Gasteiger partial charge in [0.15, 0.2) is 5.85 Å². The number of aliphatic hydroxyl groups excluding tert-OH is 1. The predicted octanol–water partition coefficient (Wildman–Crippen LogP) is 4.04.